The van der Waals surface area contributed by atoms with Gasteiger partial charge in [0.2, 0.25) is 0 Å². The Morgan fingerprint density at radius 2 is 1.77 bits per heavy atom. The highest BCUT2D eigenvalue weighted by Gasteiger charge is 2.34. The van der Waals surface area contributed by atoms with E-state index in [-0.39, 0.29) is 13.2 Å². The first-order valence-electron chi connectivity index (χ1n) is 7.89. The molecule has 2 N–H and O–H groups in total. The molecule has 6 heteroatoms. The molecule has 0 radical (unpaired) electrons. The normalized spacial score (nSPS) is 14.1. The number of aliphatic hydroxyl groups is 1. The Labute approximate surface area is 133 Å². The molecule has 1 amide bonds. The average molecular weight is 317 g/mol. The number of carbonyl (C=O) groups is 2. The standard InChI is InChI=1S/C16H31NO5/c1-6-7-8-9-10-16(11-18,12-21-13(2)19)17-14(20)22-15(3,4)5/h18H,6-12H2,1-5H3,(H,17,20)/t16-/m0/s1. The highest BCUT2D eigenvalue weighted by atomic mass is 16.6. The fourth-order valence-electron chi connectivity index (χ4n) is 1.99. The Balaban J connectivity index is 4.78. The van der Waals surface area contributed by atoms with E-state index in [1.165, 1.54) is 6.92 Å². The van der Waals surface area contributed by atoms with Gasteiger partial charge in [-0.15, -0.1) is 0 Å². The summed E-state index contributed by atoms with van der Waals surface area (Å²) in [5, 5.41) is 12.4. The lowest BCUT2D eigenvalue weighted by Crippen LogP contribution is -2.56. The predicted octanol–water partition coefficient (Wildman–Crippen LogP) is 2.78. The second-order valence-corrected chi connectivity index (χ2v) is 6.66. The van der Waals surface area contributed by atoms with Crippen LogP contribution in [-0.2, 0) is 14.3 Å². The molecule has 0 rings (SSSR count). The third-order valence-corrected chi connectivity index (χ3v) is 3.13. The molecule has 0 spiro atoms. The number of aliphatic hydroxyl groups excluding tert-OH is 1. The zero-order chi connectivity index (χ0) is 17.2. The van der Waals surface area contributed by atoms with Crippen molar-refractivity contribution in [2.24, 2.45) is 0 Å². The maximum atomic E-state index is 12.0. The first kappa shape index (κ1) is 20.7. The first-order valence-corrected chi connectivity index (χ1v) is 7.89. The smallest absolute Gasteiger partial charge is 0.408 e. The van der Waals surface area contributed by atoms with Gasteiger partial charge in [0.1, 0.15) is 17.7 Å². The minimum absolute atomic E-state index is 0.0653. The van der Waals surface area contributed by atoms with Crippen molar-refractivity contribution < 1.29 is 24.2 Å². The number of hydrogen-bond donors (Lipinski definition) is 2. The SMILES string of the molecule is CCCCCC[C@](CO)(COC(C)=O)NC(=O)OC(C)(C)C. The fraction of sp³-hybridized carbons (Fsp3) is 0.875. The Morgan fingerprint density at radius 3 is 2.23 bits per heavy atom. The summed E-state index contributed by atoms with van der Waals surface area (Å²) in [6.07, 6.45) is 3.90. The van der Waals surface area contributed by atoms with Crippen molar-refractivity contribution in [3.63, 3.8) is 0 Å². The summed E-state index contributed by atoms with van der Waals surface area (Å²) in [5.74, 6) is -0.447. The second kappa shape index (κ2) is 9.66. The maximum Gasteiger partial charge on any atom is 0.408 e. The van der Waals surface area contributed by atoms with Crippen LogP contribution in [0.3, 0.4) is 0 Å². The largest absolute Gasteiger partial charge is 0.463 e. The average Bonchev–Trinajstić information content (AvgIpc) is 2.38. The van der Waals surface area contributed by atoms with Crippen LogP contribution in [0.25, 0.3) is 0 Å². The molecule has 0 fully saturated rings. The monoisotopic (exact) mass is 317 g/mol. The highest BCUT2D eigenvalue weighted by molar-refractivity contribution is 5.69. The molecule has 0 saturated carbocycles. The van der Waals surface area contributed by atoms with E-state index in [0.717, 1.165) is 25.7 Å². The van der Waals surface area contributed by atoms with E-state index in [4.69, 9.17) is 9.47 Å². The minimum Gasteiger partial charge on any atom is -0.463 e. The molecule has 0 aliphatic heterocycles. The zero-order valence-corrected chi connectivity index (χ0v) is 14.5. The van der Waals surface area contributed by atoms with Gasteiger partial charge in [-0.1, -0.05) is 32.6 Å². The van der Waals surface area contributed by atoms with Crippen molar-refractivity contribution in [3.05, 3.63) is 0 Å². The number of rotatable bonds is 9. The van der Waals surface area contributed by atoms with Crippen molar-refractivity contribution in [2.75, 3.05) is 13.2 Å². The maximum absolute atomic E-state index is 12.0. The van der Waals surface area contributed by atoms with E-state index in [9.17, 15) is 14.7 Å². The number of carbonyl (C=O) groups excluding carboxylic acids is 2. The Hall–Kier alpha value is -1.30. The molecule has 22 heavy (non-hydrogen) atoms. The lowest BCUT2D eigenvalue weighted by atomic mass is 9.93. The molecule has 0 bridgehead atoms. The molecule has 0 unspecified atom stereocenters. The van der Waals surface area contributed by atoms with Crippen LogP contribution < -0.4 is 5.32 Å². The number of nitrogens with one attached hydrogen (secondary N) is 1. The van der Waals surface area contributed by atoms with Crippen LogP contribution in [0.4, 0.5) is 4.79 Å². The van der Waals surface area contributed by atoms with Crippen LogP contribution in [-0.4, -0.2) is 41.5 Å². The number of alkyl carbamates (subject to hydrolysis) is 1. The highest BCUT2D eigenvalue weighted by Crippen LogP contribution is 2.18. The zero-order valence-electron chi connectivity index (χ0n) is 14.5. The fourth-order valence-corrected chi connectivity index (χ4v) is 1.99. The van der Waals surface area contributed by atoms with Gasteiger partial charge < -0.3 is 19.9 Å². The lowest BCUT2D eigenvalue weighted by molar-refractivity contribution is -0.144. The van der Waals surface area contributed by atoms with Crippen LogP contribution in [0.15, 0.2) is 0 Å². The van der Waals surface area contributed by atoms with E-state index in [0.29, 0.717) is 6.42 Å². The van der Waals surface area contributed by atoms with E-state index in [2.05, 4.69) is 12.2 Å². The van der Waals surface area contributed by atoms with Crippen molar-refractivity contribution in [1.82, 2.24) is 5.32 Å². The molecule has 0 aromatic rings. The first-order chi connectivity index (χ1) is 10.1. The van der Waals surface area contributed by atoms with Crippen molar-refractivity contribution in [3.8, 4) is 0 Å². The summed E-state index contributed by atoms with van der Waals surface area (Å²) in [4.78, 5) is 23.0. The van der Waals surface area contributed by atoms with Crippen LogP contribution in [0, 0.1) is 0 Å². The number of esters is 1. The van der Waals surface area contributed by atoms with E-state index >= 15 is 0 Å². The van der Waals surface area contributed by atoms with Gasteiger partial charge in [-0.25, -0.2) is 4.79 Å². The number of ether oxygens (including phenoxy) is 2. The third-order valence-electron chi connectivity index (χ3n) is 3.13. The summed E-state index contributed by atoms with van der Waals surface area (Å²) in [6.45, 7) is 8.32. The van der Waals surface area contributed by atoms with Crippen molar-refractivity contribution in [1.29, 1.82) is 0 Å². The summed E-state index contributed by atoms with van der Waals surface area (Å²) in [7, 11) is 0. The molecular weight excluding hydrogens is 286 g/mol. The molecule has 0 aromatic heterocycles. The van der Waals surface area contributed by atoms with Gasteiger partial charge in [-0.05, 0) is 27.2 Å². The lowest BCUT2D eigenvalue weighted by Gasteiger charge is -2.33. The van der Waals surface area contributed by atoms with E-state index in [1.807, 2.05) is 0 Å². The molecule has 0 aromatic carbocycles. The van der Waals surface area contributed by atoms with Gasteiger partial charge >= 0.3 is 12.1 Å². The summed E-state index contributed by atoms with van der Waals surface area (Å²) in [6, 6.07) is 0. The van der Waals surface area contributed by atoms with Crippen molar-refractivity contribution in [2.45, 2.75) is 77.9 Å². The van der Waals surface area contributed by atoms with Crippen LogP contribution in [0.2, 0.25) is 0 Å². The van der Waals surface area contributed by atoms with E-state index < -0.39 is 23.2 Å². The number of unbranched alkanes of at least 4 members (excludes halogenated alkanes) is 3. The van der Waals surface area contributed by atoms with E-state index in [1.54, 1.807) is 20.8 Å². The minimum atomic E-state index is -0.998. The van der Waals surface area contributed by atoms with Gasteiger partial charge in [0.05, 0.1) is 6.61 Å². The van der Waals surface area contributed by atoms with Gasteiger partial charge in [-0.3, -0.25) is 4.79 Å². The van der Waals surface area contributed by atoms with Crippen LogP contribution in [0.1, 0.15) is 66.7 Å². The molecule has 1 atom stereocenters. The number of amides is 1. The number of hydrogen-bond acceptors (Lipinski definition) is 5. The third kappa shape index (κ3) is 9.60. The Morgan fingerprint density at radius 1 is 1.14 bits per heavy atom. The van der Waals surface area contributed by atoms with Gasteiger partial charge in [0.15, 0.2) is 0 Å². The summed E-state index contributed by atoms with van der Waals surface area (Å²) < 4.78 is 10.2. The second-order valence-electron chi connectivity index (χ2n) is 6.66. The Kier molecular flexibility index (Phi) is 9.09. The molecule has 130 valence electrons. The topological polar surface area (TPSA) is 84.9 Å². The van der Waals surface area contributed by atoms with Gasteiger partial charge in [0.25, 0.3) is 0 Å². The Bertz CT molecular complexity index is 351. The van der Waals surface area contributed by atoms with Crippen LogP contribution >= 0.6 is 0 Å². The summed E-state index contributed by atoms with van der Waals surface area (Å²) in [5.41, 5.74) is -1.63. The van der Waals surface area contributed by atoms with Crippen LogP contribution in [0.5, 0.6) is 0 Å². The molecular formula is C16H31NO5. The molecule has 0 heterocycles. The summed E-state index contributed by atoms with van der Waals surface area (Å²) >= 11 is 0. The quantitative estimate of drug-likeness (QED) is 0.504. The predicted molar refractivity (Wildman–Crippen MR) is 84.6 cm³/mol. The molecule has 0 saturated heterocycles. The molecule has 6 nitrogen and oxygen atoms in total. The van der Waals surface area contributed by atoms with Crippen molar-refractivity contribution >= 4 is 12.1 Å². The molecule has 0 aliphatic carbocycles. The molecule has 0 aliphatic rings. The van der Waals surface area contributed by atoms with Gasteiger partial charge in [-0.2, -0.15) is 0 Å². The van der Waals surface area contributed by atoms with Gasteiger partial charge in [0, 0.05) is 6.92 Å².